The molecule has 0 spiro atoms. The predicted molar refractivity (Wildman–Crippen MR) is 93.7 cm³/mol. The zero-order valence-electron chi connectivity index (χ0n) is 14.0. The molecule has 0 saturated heterocycles. The van der Waals surface area contributed by atoms with Crippen molar-refractivity contribution in [2.75, 3.05) is 14.1 Å². The Kier molecular flexibility index (Phi) is 4.40. The van der Waals surface area contributed by atoms with E-state index in [1.165, 1.54) is 35.2 Å². The second-order valence-corrected chi connectivity index (χ2v) is 5.66. The van der Waals surface area contributed by atoms with Crippen LogP contribution in [0.4, 0.5) is 5.69 Å². The molecule has 3 aromatic rings. The molecule has 0 fully saturated rings. The second-order valence-electron chi connectivity index (χ2n) is 5.66. The highest BCUT2D eigenvalue weighted by molar-refractivity contribution is 5.94. The third-order valence-electron chi connectivity index (χ3n) is 3.69. The van der Waals surface area contributed by atoms with Gasteiger partial charge in [0.05, 0.1) is 16.6 Å². The van der Waals surface area contributed by atoms with Gasteiger partial charge < -0.3 is 14.1 Å². The third-order valence-corrected chi connectivity index (χ3v) is 3.69. The van der Waals surface area contributed by atoms with Crippen LogP contribution in [0.15, 0.2) is 57.9 Å². The van der Waals surface area contributed by atoms with Crippen LogP contribution in [0.2, 0.25) is 0 Å². The number of hydrogen-bond donors (Lipinski definition) is 0. The Morgan fingerprint density at radius 1 is 1.12 bits per heavy atom. The summed E-state index contributed by atoms with van der Waals surface area (Å²) in [6.45, 7) is 0. The van der Waals surface area contributed by atoms with Crippen molar-refractivity contribution < 1.29 is 18.9 Å². The normalized spacial score (nSPS) is 10.5. The van der Waals surface area contributed by atoms with Crippen LogP contribution in [0.5, 0.6) is 11.5 Å². The highest BCUT2D eigenvalue weighted by Crippen LogP contribution is 2.37. The molecule has 26 heavy (non-hydrogen) atoms. The number of carbonyl (C=O) groups is 1. The summed E-state index contributed by atoms with van der Waals surface area (Å²) in [6.07, 6.45) is 1.15. The van der Waals surface area contributed by atoms with Gasteiger partial charge in [0, 0.05) is 31.8 Å². The Hall–Kier alpha value is -3.68. The Morgan fingerprint density at radius 3 is 2.42 bits per heavy atom. The molecule has 1 aromatic heterocycles. The summed E-state index contributed by atoms with van der Waals surface area (Å²) in [5.41, 5.74) is -0.236. The second kappa shape index (κ2) is 6.67. The van der Waals surface area contributed by atoms with Gasteiger partial charge in [0.15, 0.2) is 11.0 Å². The summed E-state index contributed by atoms with van der Waals surface area (Å²) in [7, 11) is 3.27. The fourth-order valence-electron chi connectivity index (χ4n) is 2.40. The molecular weight excluding hydrogens is 340 g/mol. The van der Waals surface area contributed by atoms with E-state index in [0.717, 1.165) is 6.26 Å². The van der Waals surface area contributed by atoms with Crippen molar-refractivity contribution in [3.63, 3.8) is 0 Å². The van der Waals surface area contributed by atoms with Crippen LogP contribution >= 0.6 is 0 Å². The maximum Gasteiger partial charge on any atom is 0.315 e. The van der Waals surface area contributed by atoms with Gasteiger partial charge in [-0.3, -0.25) is 19.7 Å². The lowest BCUT2D eigenvalue weighted by molar-refractivity contribution is -0.385. The van der Waals surface area contributed by atoms with Gasteiger partial charge in [-0.2, -0.15) is 0 Å². The minimum Gasteiger partial charge on any atom is -0.460 e. The van der Waals surface area contributed by atoms with E-state index < -0.39 is 4.92 Å². The van der Waals surface area contributed by atoms with Crippen LogP contribution in [-0.2, 0) is 0 Å². The molecule has 2 aromatic carbocycles. The number of benzene rings is 2. The van der Waals surface area contributed by atoms with E-state index in [2.05, 4.69) is 0 Å². The lowest BCUT2D eigenvalue weighted by Gasteiger charge is -2.11. The average molecular weight is 354 g/mol. The number of ether oxygens (including phenoxy) is 1. The third kappa shape index (κ3) is 3.12. The van der Waals surface area contributed by atoms with E-state index in [-0.39, 0.29) is 39.5 Å². The van der Waals surface area contributed by atoms with Gasteiger partial charge in [0.25, 0.3) is 5.91 Å². The zero-order chi connectivity index (χ0) is 18.8. The molecule has 0 unspecified atom stereocenters. The lowest BCUT2D eigenvalue weighted by Crippen LogP contribution is -2.21. The minimum atomic E-state index is -0.619. The van der Waals surface area contributed by atoms with Gasteiger partial charge in [0.1, 0.15) is 5.75 Å². The fraction of sp³-hybridized carbons (Fsp3) is 0.111. The number of amides is 1. The Bertz CT molecular complexity index is 1050. The lowest BCUT2D eigenvalue weighted by atomic mass is 10.2. The number of rotatable bonds is 4. The van der Waals surface area contributed by atoms with Crippen LogP contribution in [-0.4, -0.2) is 29.8 Å². The number of nitro benzene ring substituents is 1. The first-order valence-electron chi connectivity index (χ1n) is 7.57. The van der Waals surface area contributed by atoms with E-state index >= 15 is 0 Å². The summed E-state index contributed by atoms with van der Waals surface area (Å²) >= 11 is 0. The molecule has 1 heterocycles. The van der Waals surface area contributed by atoms with Crippen molar-refractivity contribution in [2.24, 2.45) is 0 Å². The highest BCUT2D eigenvalue weighted by atomic mass is 16.6. The van der Waals surface area contributed by atoms with Gasteiger partial charge in [-0.05, 0) is 30.3 Å². The van der Waals surface area contributed by atoms with Crippen LogP contribution in [0, 0.1) is 10.1 Å². The Labute approximate surface area is 147 Å². The molecular formula is C18H14N2O6. The van der Waals surface area contributed by atoms with Gasteiger partial charge in [-0.15, -0.1) is 0 Å². The number of hydrogen-bond acceptors (Lipinski definition) is 6. The molecule has 8 nitrogen and oxygen atoms in total. The molecule has 0 bridgehead atoms. The van der Waals surface area contributed by atoms with Crippen LogP contribution in [0.3, 0.4) is 0 Å². The van der Waals surface area contributed by atoms with Crippen molar-refractivity contribution in [2.45, 2.75) is 0 Å². The molecule has 0 aliphatic heterocycles. The largest absolute Gasteiger partial charge is 0.460 e. The molecule has 132 valence electrons. The van der Waals surface area contributed by atoms with E-state index in [0.29, 0.717) is 5.56 Å². The molecule has 8 heteroatoms. The Morgan fingerprint density at radius 2 is 1.81 bits per heavy atom. The molecule has 0 atom stereocenters. The first-order valence-corrected chi connectivity index (χ1v) is 7.57. The summed E-state index contributed by atoms with van der Waals surface area (Å²) in [6, 6.07) is 9.86. The van der Waals surface area contributed by atoms with Gasteiger partial charge in [-0.25, -0.2) is 0 Å². The fourth-order valence-corrected chi connectivity index (χ4v) is 2.40. The quantitative estimate of drug-likeness (QED) is 0.526. The minimum absolute atomic E-state index is 0.0138. The molecule has 3 rings (SSSR count). The van der Waals surface area contributed by atoms with E-state index in [4.69, 9.17) is 9.15 Å². The summed E-state index contributed by atoms with van der Waals surface area (Å²) < 4.78 is 10.9. The molecule has 0 N–H and O–H groups in total. The molecule has 0 aliphatic carbocycles. The SMILES string of the molecule is CN(C)C(=O)c1ccc(Oc2c([N+](=O)[O-])ccc3c(=O)ccoc23)cc1. The van der Waals surface area contributed by atoms with Gasteiger partial charge in [-0.1, -0.05) is 0 Å². The van der Waals surface area contributed by atoms with Gasteiger partial charge in [0.2, 0.25) is 5.75 Å². The summed E-state index contributed by atoms with van der Waals surface area (Å²) in [5, 5.41) is 11.5. The number of nitro groups is 1. The molecule has 0 aliphatic rings. The molecule has 0 saturated carbocycles. The summed E-state index contributed by atoms with van der Waals surface area (Å²) in [4.78, 5) is 36.0. The van der Waals surface area contributed by atoms with Crippen molar-refractivity contribution in [1.82, 2.24) is 4.90 Å². The summed E-state index contributed by atoms with van der Waals surface area (Å²) in [5.74, 6) is -0.0852. The predicted octanol–water partition coefficient (Wildman–Crippen LogP) is 3.20. The molecule has 0 radical (unpaired) electrons. The van der Waals surface area contributed by atoms with E-state index in [1.54, 1.807) is 26.2 Å². The van der Waals surface area contributed by atoms with Crippen LogP contribution in [0.1, 0.15) is 10.4 Å². The highest BCUT2D eigenvalue weighted by Gasteiger charge is 2.22. The van der Waals surface area contributed by atoms with Crippen LogP contribution < -0.4 is 10.2 Å². The van der Waals surface area contributed by atoms with E-state index in [1.807, 2.05) is 0 Å². The monoisotopic (exact) mass is 354 g/mol. The zero-order valence-corrected chi connectivity index (χ0v) is 14.0. The molecule has 1 amide bonds. The first-order chi connectivity index (χ1) is 12.4. The standard InChI is InChI=1S/C18H14N2O6/c1-19(2)18(22)11-3-5-12(6-4-11)26-17-14(20(23)24)8-7-13-15(21)9-10-25-16(13)17/h3-10H,1-2H3. The maximum absolute atomic E-state index is 11.9. The Balaban J connectivity index is 2.06. The van der Waals surface area contributed by atoms with Crippen molar-refractivity contribution in [3.8, 4) is 11.5 Å². The average Bonchev–Trinajstić information content (AvgIpc) is 2.62. The van der Waals surface area contributed by atoms with Crippen LogP contribution in [0.25, 0.3) is 11.0 Å². The van der Waals surface area contributed by atoms with Gasteiger partial charge >= 0.3 is 5.69 Å². The number of fused-ring (bicyclic) bond motifs is 1. The first kappa shape index (κ1) is 17.2. The topological polar surface area (TPSA) is 103 Å². The maximum atomic E-state index is 11.9. The van der Waals surface area contributed by atoms with Crippen molar-refractivity contribution >= 4 is 22.6 Å². The van der Waals surface area contributed by atoms with E-state index in [9.17, 15) is 19.7 Å². The van der Waals surface area contributed by atoms with Crippen molar-refractivity contribution in [1.29, 1.82) is 0 Å². The number of nitrogens with zero attached hydrogens (tertiary/aromatic N) is 2. The van der Waals surface area contributed by atoms with Crippen molar-refractivity contribution in [3.05, 3.63) is 74.6 Å². The number of carbonyl (C=O) groups excluding carboxylic acids is 1. The smallest absolute Gasteiger partial charge is 0.315 e.